The number of hydrogen-bond donors (Lipinski definition) is 0. The highest BCUT2D eigenvalue weighted by molar-refractivity contribution is 6.77. The van der Waals surface area contributed by atoms with E-state index in [0.717, 1.165) is 18.8 Å². The summed E-state index contributed by atoms with van der Waals surface area (Å²) in [6.07, 6.45) is 10.1. The highest BCUT2D eigenvalue weighted by Crippen LogP contribution is 2.21. The van der Waals surface area contributed by atoms with Crippen molar-refractivity contribution in [2.24, 2.45) is 0 Å². The fraction of sp³-hybridized carbons (Fsp3) is 0.714. The summed E-state index contributed by atoms with van der Waals surface area (Å²) in [5, 5.41) is 0. The lowest BCUT2D eigenvalue weighted by Gasteiger charge is -2.21. The molecule has 4 heteroatoms. The highest BCUT2D eigenvalue weighted by Gasteiger charge is 2.18. The standard InChI is InChI=1S/C14H26N2OSi/c1-4-5-9-18(2,3)10-7-6-8-17-14-11-15-13-16-12-14/h11-13H,4-10H2,1-3H3. The molecule has 1 rings (SSSR count). The molecule has 0 N–H and O–H groups in total. The molecule has 1 aromatic heterocycles. The first-order valence-corrected chi connectivity index (χ1v) is 10.4. The Morgan fingerprint density at radius 2 is 1.72 bits per heavy atom. The number of unbranched alkanes of at least 4 members (excludes halogenated alkanes) is 2. The Kier molecular flexibility index (Phi) is 6.94. The Morgan fingerprint density at radius 3 is 2.39 bits per heavy atom. The van der Waals surface area contributed by atoms with Crippen molar-refractivity contribution in [3.63, 3.8) is 0 Å². The molecule has 0 aliphatic carbocycles. The molecule has 102 valence electrons. The maximum absolute atomic E-state index is 5.59. The smallest absolute Gasteiger partial charge is 0.155 e. The largest absolute Gasteiger partial charge is 0.490 e. The van der Waals surface area contributed by atoms with Crippen molar-refractivity contribution in [3.8, 4) is 5.75 Å². The predicted molar refractivity (Wildman–Crippen MR) is 78.8 cm³/mol. The van der Waals surface area contributed by atoms with Gasteiger partial charge in [0.05, 0.1) is 19.0 Å². The summed E-state index contributed by atoms with van der Waals surface area (Å²) >= 11 is 0. The third kappa shape index (κ3) is 6.74. The van der Waals surface area contributed by atoms with Crippen molar-refractivity contribution < 1.29 is 4.74 Å². The maximum atomic E-state index is 5.59. The monoisotopic (exact) mass is 266 g/mol. The topological polar surface area (TPSA) is 35.0 Å². The Bertz CT molecular complexity index is 317. The lowest BCUT2D eigenvalue weighted by Crippen LogP contribution is -2.24. The van der Waals surface area contributed by atoms with Crippen LogP contribution in [0.3, 0.4) is 0 Å². The minimum absolute atomic E-state index is 0.778. The first-order valence-electron chi connectivity index (χ1n) is 7.02. The zero-order chi connectivity index (χ0) is 13.3. The second kappa shape index (κ2) is 8.24. The van der Waals surface area contributed by atoms with Gasteiger partial charge in [0.25, 0.3) is 0 Å². The Labute approximate surface area is 112 Å². The van der Waals surface area contributed by atoms with Gasteiger partial charge in [0.2, 0.25) is 0 Å². The van der Waals surface area contributed by atoms with Gasteiger partial charge in [-0.05, 0) is 6.42 Å². The third-order valence-corrected chi connectivity index (χ3v) is 6.67. The zero-order valence-electron chi connectivity index (χ0n) is 12.0. The van der Waals surface area contributed by atoms with Gasteiger partial charge in [-0.2, -0.15) is 0 Å². The van der Waals surface area contributed by atoms with Crippen LogP contribution in [0.4, 0.5) is 0 Å². The molecule has 3 nitrogen and oxygen atoms in total. The van der Waals surface area contributed by atoms with E-state index in [1.54, 1.807) is 12.4 Å². The van der Waals surface area contributed by atoms with Crippen molar-refractivity contribution >= 4 is 8.07 Å². The molecule has 0 amide bonds. The summed E-state index contributed by atoms with van der Waals surface area (Å²) < 4.78 is 5.59. The van der Waals surface area contributed by atoms with Crippen LogP contribution < -0.4 is 4.74 Å². The molecular formula is C14H26N2OSi. The van der Waals surface area contributed by atoms with E-state index in [-0.39, 0.29) is 0 Å². The van der Waals surface area contributed by atoms with Gasteiger partial charge in [-0.1, -0.05) is 51.4 Å². The van der Waals surface area contributed by atoms with Gasteiger partial charge < -0.3 is 4.74 Å². The van der Waals surface area contributed by atoms with Crippen LogP contribution in [-0.2, 0) is 0 Å². The lowest BCUT2D eigenvalue weighted by molar-refractivity contribution is 0.306. The first-order chi connectivity index (χ1) is 8.64. The average Bonchev–Trinajstić information content (AvgIpc) is 2.37. The Balaban J connectivity index is 2.08. The number of nitrogens with zero attached hydrogens (tertiary/aromatic N) is 2. The molecule has 0 radical (unpaired) electrons. The summed E-state index contributed by atoms with van der Waals surface area (Å²) in [4.78, 5) is 7.85. The minimum Gasteiger partial charge on any atom is -0.490 e. The molecule has 0 saturated carbocycles. The molecule has 0 aliphatic rings. The summed E-state index contributed by atoms with van der Waals surface area (Å²) in [5.41, 5.74) is 0. The SMILES string of the molecule is CCCC[Si](C)(C)CCCCOc1cncnc1. The fourth-order valence-electron chi connectivity index (χ4n) is 2.04. The highest BCUT2D eigenvalue weighted by atomic mass is 28.3. The van der Waals surface area contributed by atoms with Gasteiger partial charge in [-0.15, -0.1) is 0 Å². The molecular weight excluding hydrogens is 240 g/mol. The fourth-order valence-corrected chi connectivity index (χ4v) is 4.80. The Morgan fingerprint density at radius 1 is 1.06 bits per heavy atom. The summed E-state index contributed by atoms with van der Waals surface area (Å²) in [7, 11) is -0.934. The van der Waals surface area contributed by atoms with Crippen molar-refractivity contribution in [1.82, 2.24) is 9.97 Å². The van der Waals surface area contributed by atoms with Crippen LogP contribution in [0.25, 0.3) is 0 Å². The van der Waals surface area contributed by atoms with E-state index < -0.39 is 8.07 Å². The quantitative estimate of drug-likeness (QED) is 0.497. The molecule has 0 aliphatic heterocycles. The lowest BCUT2D eigenvalue weighted by atomic mass is 10.3. The van der Waals surface area contributed by atoms with E-state index in [1.165, 1.54) is 37.7 Å². The number of hydrogen-bond acceptors (Lipinski definition) is 3. The molecule has 0 spiro atoms. The normalized spacial score (nSPS) is 11.5. The first kappa shape index (κ1) is 15.2. The molecule has 1 aromatic rings. The predicted octanol–water partition coefficient (Wildman–Crippen LogP) is 4.14. The van der Waals surface area contributed by atoms with Gasteiger partial charge in [0, 0.05) is 8.07 Å². The van der Waals surface area contributed by atoms with Crippen LogP contribution in [-0.4, -0.2) is 24.6 Å². The molecule has 18 heavy (non-hydrogen) atoms. The number of aromatic nitrogens is 2. The number of ether oxygens (including phenoxy) is 1. The third-order valence-electron chi connectivity index (χ3n) is 3.26. The second-order valence-electron chi connectivity index (χ2n) is 5.65. The van der Waals surface area contributed by atoms with E-state index in [4.69, 9.17) is 4.74 Å². The molecule has 0 bridgehead atoms. The van der Waals surface area contributed by atoms with Crippen molar-refractivity contribution in [3.05, 3.63) is 18.7 Å². The van der Waals surface area contributed by atoms with Crippen molar-refractivity contribution in [2.45, 2.75) is 57.8 Å². The zero-order valence-corrected chi connectivity index (χ0v) is 13.0. The molecule has 1 heterocycles. The van der Waals surface area contributed by atoms with Crippen molar-refractivity contribution in [2.75, 3.05) is 6.61 Å². The van der Waals surface area contributed by atoms with E-state index >= 15 is 0 Å². The number of rotatable bonds is 9. The van der Waals surface area contributed by atoms with E-state index in [1.807, 2.05) is 0 Å². The van der Waals surface area contributed by atoms with E-state index in [2.05, 4.69) is 30.0 Å². The summed E-state index contributed by atoms with van der Waals surface area (Å²) in [6, 6.07) is 2.89. The van der Waals surface area contributed by atoms with Crippen LogP contribution in [0.1, 0.15) is 32.6 Å². The molecule has 0 fully saturated rings. The van der Waals surface area contributed by atoms with Gasteiger partial charge in [-0.3, -0.25) is 0 Å². The average molecular weight is 266 g/mol. The summed E-state index contributed by atoms with van der Waals surface area (Å²) in [6.45, 7) is 8.08. The molecule has 0 atom stereocenters. The summed E-state index contributed by atoms with van der Waals surface area (Å²) in [5.74, 6) is 0.778. The van der Waals surface area contributed by atoms with Crippen LogP contribution in [0.5, 0.6) is 5.75 Å². The van der Waals surface area contributed by atoms with Gasteiger partial charge >= 0.3 is 0 Å². The van der Waals surface area contributed by atoms with Crippen LogP contribution in [0, 0.1) is 0 Å². The van der Waals surface area contributed by atoms with Gasteiger partial charge in [0.1, 0.15) is 6.33 Å². The molecule has 0 saturated heterocycles. The van der Waals surface area contributed by atoms with E-state index in [9.17, 15) is 0 Å². The Hall–Kier alpha value is -0.903. The molecule has 0 unspecified atom stereocenters. The van der Waals surface area contributed by atoms with E-state index in [0.29, 0.717) is 0 Å². The minimum atomic E-state index is -0.934. The second-order valence-corrected chi connectivity index (χ2v) is 11.0. The van der Waals surface area contributed by atoms with Gasteiger partial charge in [-0.25, -0.2) is 9.97 Å². The molecule has 0 aromatic carbocycles. The maximum Gasteiger partial charge on any atom is 0.155 e. The van der Waals surface area contributed by atoms with Gasteiger partial charge in [0.15, 0.2) is 5.75 Å². The van der Waals surface area contributed by atoms with Crippen molar-refractivity contribution in [1.29, 1.82) is 0 Å². The van der Waals surface area contributed by atoms with Crippen LogP contribution >= 0.6 is 0 Å². The van der Waals surface area contributed by atoms with Crippen LogP contribution in [0.15, 0.2) is 18.7 Å². The van der Waals surface area contributed by atoms with Crippen LogP contribution in [0.2, 0.25) is 25.2 Å².